The second-order valence-corrected chi connectivity index (χ2v) is 3.70. The first-order valence-corrected chi connectivity index (χ1v) is 4.51. The number of nitrogens with zero attached hydrogens (tertiary/aromatic N) is 1. The van der Waals surface area contributed by atoms with Crippen molar-refractivity contribution in [2.75, 3.05) is 14.1 Å². The molecule has 0 fully saturated rings. The Bertz CT molecular complexity index is 495. The molecule has 74 valence electrons. The van der Waals surface area contributed by atoms with Gasteiger partial charge in [-0.25, -0.2) is 4.79 Å². The van der Waals surface area contributed by atoms with E-state index in [1.807, 2.05) is 32.3 Å². The Morgan fingerprint density at radius 1 is 1.21 bits per heavy atom. The Hall–Kier alpha value is -1.55. The highest BCUT2D eigenvalue weighted by Gasteiger charge is 2.00. The minimum absolute atomic E-state index is 0.151. The Morgan fingerprint density at radius 3 is 2.64 bits per heavy atom. The fourth-order valence-corrected chi connectivity index (χ4v) is 1.54. The summed E-state index contributed by atoms with van der Waals surface area (Å²) in [6.07, 6.45) is 0. The zero-order valence-electron chi connectivity index (χ0n) is 8.29. The molecule has 2 aromatic rings. The van der Waals surface area contributed by atoms with Crippen molar-refractivity contribution in [1.29, 1.82) is 0 Å². The summed E-state index contributed by atoms with van der Waals surface area (Å²) in [7, 11) is 4.04. The lowest BCUT2D eigenvalue weighted by Gasteiger charge is -2.08. The summed E-state index contributed by atoms with van der Waals surface area (Å²) in [5.41, 5.74) is 2.77. The molecule has 0 spiro atoms. The number of nitrogens with one attached hydrogen (secondary N) is 2. The summed E-state index contributed by atoms with van der Waals surface area (Å²) in [6.45, 7) is 0.878. The quantitative estimate of drug-likeness (QED) is 0.741. The van der Waals surface area contributed by atoms with Gasteiger partial charge in [-0.1, -0.05) is 6.07 Å². The van der Waals surface area contributed by atoms with Crippen molar-refractivity contribution in [3.8, 4) is 0 Å². The molecule has 2 rings (SSSR count). The lowest BCUT2D eigenvalue weighted by Crippen LogP contribution is -2.10. The highest BCUT2D eigenvalue weighted by atomic mass is 16.1. The van der Waals surface area contributed by atoms with Crippen molar-refractivity contribution in [1.82, 2.24) is 14.9 Å². The maximum absolute atomic E-state index is 11.0. The molecule has 1 heterocycles. The van der Waals surface area contributed by atoms with E-state index in [0.29, 0.717) is 0 Å². The van der Waals surface area contributed by atoms with Gasteiger partial charge in [0, 0.05) is 6.54 Å². The van der Waals surface area contributed by atoms with Crippen LogP contribution in [0.4, 0.5) is 0 Å². The molecule has 4 heteroatoms. The number of hydrogen-bond acceptors (Lipinski definition) is 2. The summed E-state index contributed by atoms with van der Waals surface area (Å²) >= 11 is 0. The van der Waals surface area contributed by atoms with Crippen LogP contribution in [0.15, 0.2) is 23.0 Å². The first-order valence-electron chi connectivity index (χ1n) is 4.51. The third kappa shape index (κ3) is 1.70. The number of benzene rings is 1. The molecule has 0 saturated heterocycles. The maximum Gasteiger partial charge on any atom is 0.323 e. The highest BCUT2D eigenvalue weighted by molar-refractivity contribution is 5.74. The largest absolute Gasteiger partial charge is 0.323 e. The van der Waals surface area contributed by atoms with E-state index >= 15 is 0 Å². The summed E-state index contributed by atoms with van der Waals surface area (Å²) in [6, 6.07) is 5.94. The maximum atomic E-state index is 11.0. The predicted molar refractivity (Wildman–Crippen MR) is 56.3 cm³/mol. The number of hydrogen-bond donors (Lipinski definition) is 2. The number of fused-ring (bicyclic) bond motifs is 1. The van der Waals surface area contributed by atoms with Gasteiger partial charge in [0.1, 0.15) is 0 Å². The summed E-state index contributed by atoms with van der Waals surface area (Å²) < 4.78 is 0. The zero-order chi connectivity index (χ0) is 10.1. The minimum atomic E-state index is -0.151. The van der Waals surface area contributed by atoms with Gasteiger partial charge in [0.15, 0.2) is 0 Å². The Labute approximate surface area is 81.6 Å². The topological polar surface area (TPSA) is 51.9 Å². The van der Waals surface area contributed by atoms with Crippen molar-refractivity contribution in [2.24, 2.45) is 0 Å². The van der Waals surface area contributed by atoms with Crippen LogP contribution in [0.1, 0.15) is 5.56 Å². The predicted octanol–water partition coefficient (Wildman–Crippen LogP) is 0.918. The zero-order valence-corrected chi connectivity index (χ0v) is 8.29. The van der Waals surface area contributed by atoms with E-state index in [1.165, 1.54) is 5.56 Å². The van der Waals surface area contributed by atoms with Crippen LogP contribution in [0, 0.1) is 0 Å². The van der Waals surface area contributed by atoms with Crippen molar-refractivity contribution in [2.45, 2.75) is 6.54 Å². The van der Waals surface area contributed by atoms with Crippen molar-refractivity contribution >= 4 is 11.0 Å². The van der Waals surface area contributed by atoms with Crippen LogP contribution < -0.4 is 5.69 Å². The smallest absolute Gasteiger partial charge is 0.306 e. The van der Waals surface area contributed by atoms with E-state index < -0.39 is 0 Å². The van der Waals surface area contributed by atoms with Crippen LogP contribution in [0.25, 0.3) is 11.0 Å². The van der Waals surface area contributed by atoms with Crippen LogP contribution in [-0.2, 0) is 6.54 Å². The Balaban J connectivity index is 2.45. The minimum Gasteiger partial charge on any atom is -0.306 e. The first-order chi connectivity index (χ1) is 6.65. The molecule has 14 heavy (non-hydrogen) atoms. The molecule has 0 atom stereocenters. The highest BCUT2D eigenvalue weighted by Crippen LogP contribution is 2.10. The normalized spacial score (nSPS) is 11.4. The molecule has 1 aromatic carbocycles. The van der Waals surface area contributed by atoms with E-state index in [0.717, 1.165) is 17.6 Å². The molecular formula is C10H13N3O. The molecule has 0 radical (unpaired) electrons. The standard InChI is InChI=1S/C10H13N3O/c1-13(2)6-7-3-4-8-9(5-7)12-10(14)11-8/h3-5H,6H2,1-2H3,(H2,11,12,14). The number of H-pyrrole nitrogens is 2. The number of aromatic nitrogens is 2. The van der Waals surface area contributed by atoms with Gasteiger partial charge in [-0.05, 0) is 31.8 Å². The van der Waals surface area contributed by atoms with Crippen molar-refractivity contribution < 1.29 is 0 Å². The van der Waals surface area contributed by atoms with Gasteiger partial charge < -0.3 is 14.9 Å². The van der Waals surface area contributed by atoms with Crippen LogP contribution in [0.3, 0.4) is 0 Å². The Kier molecular flexibility index (Phi) is 2.13. The third-order valence-electron chi connectivity index (χ3n) is 2.08. The first kappa shape index (κ1) is 9.02. The molecule has 0 aliphatic heterocycles. The molecule has 0 aliphatic carbocycles. The summed E-state index contributed by atoms with van der Waals surface area (Å²) in [4.78, 5) is 18.5. The molecule has 0 aliphatic rings. The average molecular weight is 191 g/mol. The molecule has 1 aromatic heterocycles. The third-order valence-corrected chi connectivity index (χ3v) is 2.08. The van der Waals surface area contributed by atoms with Gasteiger partial charge in [0.25, 0.3) is 0 Å². The molecule has 0 amide bonds. The van der Waals surface area contributed by atoms with Crippen molar-refractivity contribution in [3.05, 3.63) is 34.2 Å². The average Bonchev–Trinajstić information content (AvgIpc) is 2.42. The van der Waals surface area contributed by atoms with Gasteiger partial charge >= 0.3 is 5.69 Å². The van der Waals surface area contributed by atoms with Crippen LogP contribution in [0.2, 0.25) is 0 Å². The fourth-order valence-electron chi connectivity index (χ4n) is 1.54. The molecule has 0 bridgehead atoms. The number of aromatic amines is 2. The van der Waals surface area contributed by atoms with Gasteiger partial charge in [-0.15, -0.1) is 0 Å². The van der Waals surface area contributed by atoms with Gasteiger partial charge in [0.05, 0.1) is 11.0 Å². The van der Waals surface area contributed by atoms with E-state index in [9.17, 15) is 4.79 Å². The second-order valence-electron chi connectivity index (χ2n) is 3.70. The van der Waals surface area contributed by atoms with Gasteiger partial charge in [-0.3, -0.25) is 0 Å². The second kappa shape index (κ2) is 3.31. The number of rotatable bonds is 2. The Morgan fingerprint density at radius 2 is 1.93 bits per heavy atom. The summed E-state index contributed by atoms with van der Waals surface area (Å²) in [5, 5.41) is 0. The van der Waals surface area contributed by atoms with E-state index in [1.54, 1.807) is 0 Å². The molecule has 4 nitrogen and oxygen atoms in total. The monoisotopic (exact) mass is 191 g/mol. The van der Waals surface area contributed by atoms with Crippen molar-refractivity contribution in [3.63, 3.8) is 0 Å². The fraction of sp³-hybridized carbons (Fsp3) is 0.300. The van der Waals surface area contributed by atoms with E-state index in [4.69, 9.17) is 0 Å². The van der Waals surface area contributed by atoms with Gasteiger partial charge in [0.2, 0.25) is 0 Å². The van der Waals surface area contributed by atoms with Crippen LogP contribution >= 0.6 is 0 Å². The molecule has 0 saturated carbocycles. The SMILES string of the molecule is CN(C)Cc1ccc2[nH]c(=O)[nH]c2c1. The molecular weight excluding hydrogens is 178 g/mol. The summed E-state index contributed by atoms with van der Waals surface area (Å²) in [5.74, 6) is 0. The number of imidazole rings is 1. The van der Waals surface area contributed by atoms with E-state index in [2.05, 4.69) is 14.9 Å². The molecule has 0 unspecified atom stereocenters. The lowest BCUT2D eigenvalue weighted by atomic mass is 10.2. The van der Waals surface area contributed by atoms with E-state index in [-0.39, 0.29) is 5.69 Å². The van der Waals surface area contributed by atoms with Crippen LogP contribution in [0.5, 0.6) is 0 Å². The van der Waals surface area contributed by atoms with Crippen LogP contribution in [-0.4, -0.2) is 29.0 Å². The molecule has 2 N–H and O–H groups in total. The lowest BCUT2D eigenvalue weighted by molar-refractivity contribution is 0.402. The van der Waals surface area contributed by atoms with Gasteiger partial charge in [-0.2, -0.15) is 0 Å².